The van der Waals surface area contributed by atoms with Crippen LogP contribution < -0.4 is 10.1 Å². The zero-order valence-electron chi connectivity index (χ0n) is 9.97. The van der Waals surface area contributed by atoms with Crippen molar-refractivity contribution in [3.8, 4) is 5.75 Å². The van der Waals surface area contributed by atoms with Gasteiger partial charge in [0.2, 0.25) is 0 Å². The predicted molar refractivity (Wildman–Crippen MR) is 63.2 cm³/mol. The first-order chi connectivity index (χ1) is 8.21. The summed E-state index contributed by atoms with van der Waals surface area (Å²) in [4.78, 5) is 11.8. The fraction of sp³-hybridized carbons (Fsp3) is 0.417. The van der Waals surface area contributed by atoms with Crippen LogP contribution in [0.4, 0.5) is 0 Å². The molecule has 0 aliphatic carbocycles. The van der Waals surface area contributed by atoms with Crippen molar-refractivity contribution in [2.45, 2.75) is 6.04 Å². The second-order valence-corrected chi connectivity index (χ2v) is 3.54. The minimum Gasteiger partial charge on any atom is -0.497 e. The number of hydrogen-bond acceptors (Lipinski definition) is 4. The van der Waals surface area contributed by atoms with Crippen LogP contribution in [-0.4, -0.2) is 44.5 Å². The van der Waals surface area contributed by atoms with Crippen LogP contribution in [0.15, 0.2) is 24.3 Å². The topological polar surface area (TPSA) is 67.8 Å². The normalized spacial score (nSPS) is 11.9. The number of carbonyl (C=O) groups is 1. The Hall–Kier alpha value is -1.59. The zero-order valence-corrected chi connectivity index (χ0v) is 9.97. The van der Waals surface area contributed by atoms with Crippen LogP contribution in [-0.2, 0) is 4.74 Å². The van der Waals surface area contributed by atoms with Crippen molar-refractivity contribution < 1.29 is 19.4 Å². The molecule has 0 heterocycles. The summed E-state index contributed by atoms with van der Waals surface area (Å²) < 4.78 is 9.87. The van der Waals surface area contributed by atoms with Crippen LogP contribution in [0, 0.1) is 0 Å². The van der Waals surface area contributed by atoms with Crippen LogP contribution in [0.1, 0.15) is 10.4 Å². The highest BCUT2D eigenvalue weighted by Crippen LogP contribution is 2.11. The first kappa shape index (κ1) is 13.5. The van der Waals surface area contributed by atoms with E-state index >= 15 is 0 Å². The smallest absolute Gasteiger partial charge is 0.251 e. The molecule has 0 aromatic heterocycles. The number of rotatable bonds is 6. The molecule has 1 atom stereocenters. The molecule has 1 aromatic rings. The Morgan fingerprint density at radius 3 is 2.47 bits per heavy atom. The van der Waals surface area contributed by atoms with Crippen LogP contribution in [0.2, 0.25) is 0 Å². The largest absolute Gasteiger partial charge is 0.497 e. The molecule has 94 valence electrons. The van der Waals surface area contributed by atoms with Crippen LogP contribution in [0.25, 0.3) is 0 Å². The second kappa shape index (κ2) is 6.88. The Kier molecular flexibility index (Phi) is 5.45. The van der Waals surface area contributed by atoms with E-state index in [9.17, 15) is 4.79 Å². The summed E-state index contributed by atoms with van der Waals surface area (Å²) in [6.45, 7) is 0.119. The van der Waals surface area contributed by atoms with Gasteiger partial charge in [-0.3, -0.25) is 4.79 Å². The third-order valence-electron chi connectivity index (χ3n) is 2.28. The predicted octanol–water partition coefficient (Wildman–Crippen LogP) is 0.432. The van der Waals surface area contributed by atoms with Crippen LogP contribution >= 0.6 is 0 Å². The summed E-state index contributed by atoms with van der Waals surface area (Å²) >= 11 is 0. The average molecular weight is 239 g/mol. The number of aliphatic hydroxyl groups is 1. The van der Waals surface area contributed by atoms with Crippen LogP contribution in [0.5, 0.6) is 5.75 Å². The van der Waals surface area contributed by atoms with Crippen molar-refractivity contribution in [3.05, 3.63) is 29.8 Å². The van der Waals surface area contributed by atoms with E-state index in [1.165, 1.54) is 7.11 Å². The molecule has 5 nitrogen and oxygen atoms in total. The van der Waals surface area contributed by atoms with Gasteiger partial charge in [0.1, 0.15) is 5.75 Å². The molecule has 0 aliphatic rings. The number of ether oxygens (including phenoxy) is 2. The van der Waals surface area contributed by atoms with Crippen molar-refractivity contribution in [2.75, 3.05) is 27.4 Å². The molecule has 17 heavy (non-hydrogen) atoms. The number of carbonyl (C=O) groups excluding carboxylic acids is 1. The summed E-state index contributed by atoms with van der Waals surface area (Å²) in [7, 11) is 3.08. The van der Waals surface area contributed by atoms with Gasteiger partial charge in [-0.1, -0.05) is 0 Å². The lowest BCUT2D eigenvalue weighted by Crippen LogP contribution is -2.40. The monoisotopic (exact) mass is 239 g/mol. The quantitative estimate of drug-likeness (QED) is 0.755. The molecule has 0 fully saturated rings. The van der Waals surface area contributed by atoms with Gasteiger partial charge in [0.25, 0.3) is 5.91 Å². The lowest BCUT2D eigenvalue weighted by atomic mass is 10.2. The SMILES string of the molecule is COCC(CO)NC(=O)c1ccc(OC)cc1. The third-order valence-corrected chi connectivity index (χ3v) is 2.28. The second-order valence-electron chi connectivity index (χ2n) is 3.54. The summed E-state index contributed by atoms with van der Waals surface area (Å²) in [5.41, 5.74) is 0.514. The summed E-state index contributed by atoms with van der Waals surface area (Å²) in [5.74, 6) is 0.445. The molecule has 1 unspecified atom stereocenters. The highest BCUT2D eigenvalue weighted by molar-refractivity contribution is 5.94. The van der Waals surface area contributed by atoms with Gasteiger partial charge in [0.05, 0.1) is 26.4 Å². The lowest BCUT2D eigenvalue weighted by Gasteiger charge is -2.15. The maximum absolute atomic E-state index is 11.8. The Morgan fingerprint density at radius 2 is 2.00 bits per heavy atom. The van der Waals surface area contributed by atoms with Gasteiger partial charge in [-0.15, -0.1) is 0 Å². The van der Waals surface area contributed by atoms with E-state index in [0.29, 0.717) is 11.3 Å². The number of hydrogen-bond donors (Lipinski definition) is 2. The average Bonchev–Trinajstić information content (AvgIpc) is 2.38. The Balaban J connectivity index is 2.62. The van der Waals surface area contributed by atoms with Crippen molar-refractivity contribution >= 4 is 5.91 Å². The van der Waals surface area contributed by atoms with E-state index in [1.807, 2.05) is 0 Å². The van der Waals surface area contributed by atoms with Crippen molar-refractivity contribution in [1.82, 2.24) is 5.32 Å². The first-order valence-corrected chi connectivity index (χ1v) is 5.26. The van der Waals surface area contributed by atoms with Gasteiger partial charge >= 0.3 is 0 Å². The van der Waals surface area contributed by atoms with Gasteiger partial charge in [-0.05, 0) is 24.3 Å². The standard InChI is InChI=1S/C12H17NO4/c1-16-8-10(7-14)13-12(15)9-3-5-11(17-2)6-4-9/h3-6,10,14H,7-8H2,1-2H3,(H,13,15). The van der Waals surface area contributed by atoms with Crippen molar-refractivity contribution in [2.24, 2.45) is 0 Å². The number of nitrogens with one attached hydrogen (secondary N) is 1. The molecule has 1 aromatic carbocycles. The summed E-state index contributed by atoms with van der Waals surface area (Å²) in [6, 6.07) is 6.35. The minimum absolute atomic E-state index is 0.157. The molecule has 1 amide bonds. The number of benzene rings is 1. The molecule has 0 spiro atoms. The van der Waals surface area contributed by atoms with E-state index in [1.54, 1.807) is 31.4 Å². The Bertz CT molecular complexity index is 350. The number of aliphatic hydroxyl groups excluding tert-OH is 1. The molecule has 2 N–H and O–H groups in total. The van der Waals surface area contributed by atoms with Gasteiger partial charge in [0.15, 0.2) is 0 Å². The minimum atomic E-state index is -0.394. The number of amides is 1. The Labute approximate surface area is 100 Å². The zero-order chi connectivity index (χ0) is 12.7. The third kappa shape index (κ3) is 4.05. The maximum atomic E-state index is 11.8. The van der Waals surface area contributed by atoms with E-state index in [-0.39, 0.29) is 19.1 Å². The highest BCUT2D eigenvalue weighted by atomic mass is 16.5. The fourth-order valence-corrected chi connectivity index (χ4v) is 1.35. The Morgan fingerprint density at radius 1 is 1.35 bits per heavy atom. The van der Waals surface area contributed by atoms with E-state index < -0.39 is 6.04 Å². The molecule has 0 radical (unpaired) electrons. The van der Waals surface area contributed by atoms with Crippen molar-refractivity contribution in [1.29, 1.82) is 0 Å². The lowest BCUT2D eigenvalue weighted by molar-refractivity contribution is 0.0839. The summed E-state index contributed by atoms with van der Waals surface area (Å²) in [6.07, 6.45) is 0. The molecule has 1 rings (SSSR count). The van der Waals surface area contributed by atoms with Crippen molar-refractivity contribution in [3.63, 3.8) is 0 Å². The summed E-state index contributed by atoms with van der Waals surface area (Å²) in [5, 5.41) is 11.7. The molecule has 0 saturated carbocycles. The molecule has 0 bridgehead atoms. The molecular formula is C12H17NO4. The van der Waals surface area contributed by atoms with Gasteiger partial charge in [0, 0.05) is 12.7 Å². The first-order valence-electron chi connectivity index (χ1n) is 5.26. The van der Waals surface area contributed by atoms with E-state index in [0.717, 1.165) is 0 Å². The molecule has 0 aliphatic heterocycles. The van der Waals surface area contributed by atoms with Gasteiger partial charge < -0.3 is 19.9 Å². The maximum Gasteiger partial charge on any atom is 0.251 e. The van der Waals surface area contributed by atoms with Crippen LogP contribution in [0.3, 0.4) is 0 Å². The van der Waals surface area contributed by atoms with E-state index in [4.69, 9.17) is 14.6 Å². The highest BCUT2D eigenvalue weighted by Gasteiger charge is 2.12. The van der Waals surface area contributed by atoms with E-state index in [2.05, 4.69) is 5.32 Å². The molecular weight excluding hydrogens is 222 g/mol. The van der Waals surface area contributed by atoms with Gasteiger partial charge in [-0.2, -0.15) is 0 Å². The fourth-order valence-electron chi connectivity index (χ4n) is 1.35. The van der Waals surface area contributed by atoms with Gasteiger partial charge in [-0.25, -0.2) is 0 Å². The molecule has 0 saturated heterocycles. The number of methoxy groups -OCH3 is 2. The molecule has 5 heteroatoms.